The molecule has 0 radical (unpaired) electrons. The molecule has 0 bridgehead atoms. The molecule has 0 atom stereocenters. The van der Waals surface area contributed by atoms with Gasteiger partial charge in [-0.25, -0.2) is 0 Å². The predicted octanol–water partition coefficient (Wildman–Crippen LogP) is 8.68. The first-order valence-corrected chi connectivity index (χ1v) is 12.9. The van der Waals surface area contributed by atoms with Gasteiger partial charge in [-0.3, -0.25) is 9.59 Å². The van der Waals surface area contributed by atoms with Gasteiger partial charge in [-0.05, 0) is 12.8 Å². The highest BCUT2D eigenvalue weighted by Gasteiger charge is 2.09. The number of rotatable bonds is 22. The van der Waals surface area contributed by atoms with Crippen LogP contribution in [-0.2, 0) is 14.3 Å². The molecule has 3 nitrogen and oxygen atoms in total. The number of esters is 2. The van der Waals surface area contributed by atoms with E-state index >= 15 is 0 Å². The lowest BCUT2D eigenvalue weighted by molar-refractivity contribution is -0.159. The number of hydrogen-bond acceptors (Lipinski definition) is 3. The Balaban J connectivity index is 3.31. The maximum Gasteiger partial charge on any atom is 0.313 e. The van der Waals surface area contributed by atoms with E-state index in [0.717, 1.165) is 25.7 Å². The second-order valence-corrected chi connectivity index (χ2v) is 8.71. The molecule has 0 rings (SSSR count). The summed E-state index contributed by atoms with van der Waals surface area (Å²) < 4.78 is 4.94. The van der Waals surface area contributed by atoms with E-state index in [0.29, 0.717) is 12.8 Å². The van der Waals surface area contributed by atoms with E-state index in [2.05, 4.69) is 13.8 Å². The molecule has 0 aliphatic carbocycles. The van der Waals surface area contributed by atoms with Crippen molar-refractivity contribution in [1.82, 2.24) is 0 Å². The van der Waals surface area contributed by atoms with Crippen molar-refractivity contribution < 1.29 is 14.3 Å². The van der Waals surface area contributed by atoms with Gasteiger partial charge in [-0.15, -0.1) is 0 Å². The predicted molar refractivity (Wildman–Crippen MR) is 124 cm³/mol. The monoisotopic (exact) mass is 410 g/mol. The minimum absolute atomic E-state index is 0.332. The van der Waals surface area contributed by atoms with E-state index in [4.69, 9.17) is 4.74 Å². The summed E-state index contributed by atoms with van der Waals surface area (Å²) in [6.45, 7) is 4.49. The summed E-state index contributed by atoms with van der Waals surface area (Å²) in [5, 5.41) is 0. The summed E-state index contributed by atoms with van der Waals surface area (Å²) >= 11 is 0. The van der Waals surface area contributed by atoms with Gasteiger partial charge in [0.05, 0.1) is 0 Å². The minimum Gasteiger partial charge on any atom is -0.393 e. The lowest BCUT2D eigenvalue weighted by atomic mass is 10.1. The molecule has 0 saturated heterocycles. The maximum absolute atomic E-state index is 11.7. The smallest absolute Gasteiger partial charge is 0.313 e. The van der Waals surface area contributed by atoms with Crippen molar-refractivity contribution in [1.29, 1.82) is 0 Å². The lowest BCUT2D eigenvalue weighted by Crippen LogP contribution is -2.11. The van der Waals surface area contributed by atoms with Gasteiger partial charge in [0.2, 0.25) is 0 Å². The van der Waals surface area contributed by atoms with Crippen molar-refractivity contribution in [3.05, 3.63) is 0 Å². The Morgan fingerprint density at radius 2 is 0.655 bits per heavy atom. The number of hydrogen-bond donors (Lipinski definition) is 0. The van der Waals surface area contributed by atoms with Gasteiger partial charge in [0.25, 0.3) is 0 Å². The standard InChI is InChI=1S/C26H50O3/c1-3-5-7-9-11-13-14-16-18-20-22-24-26(28)29-25(27)23-21-19-17-15-12-10-8-6-4-2/h3-24H2,1-2H3. The summed E-state index contributed by atoms with van der Waals surface area (Å²) in [7, 11) is 0. The highest BCUT2D eigenvalue weighted by molar-refractivity contribution is 5.85. The molecule has 29 heavy (non-hydrogen) atoms. The quantitative estimate of drug-likeness (QED) is 0.102. The second kappa shape index (κ2) is 23.4. The summed E-state index contributed by atoms with van der Waals surface area (Å²) in [5.74, 6) is -0.664. The molecular formula is C26H50O3. The van der Waals surface area contributed by atoms with Crippen molar-refractivity contribution in [3.63, 3.8) is 0 Å². The molecule has 0 aromatic carbocycles. The van der Waals surface area contributed by atoms with Gasteiger partial charge in [0.15, 0.2) is 0 Å². The zero-order valence-corrected chi connectivity index (χ0v) is 19.8. The van der Waals surface area contributed by atoms with E-state index in [1.54, 1.807) is 0 Å². The van der Waals surface area contributed by atoms with Gasteiger partial charge >= 0.3 is 11.9 Å². The number of ether oxygens (including phenoxy) is 1. The highest BCUT2D eigenvalue weighted by atomic mass is 16.6. The molecule has 0 unspecified atom stereocenters. The molecule has 0 aromatic rings. The maximum atomic E-state index is 11.7. The zero-order chi connectivity index (χ0) is 21.4. The summed E-state index contributed by atoms with van der Waals surface area (Å²) in [4.78, 5) is 23.4. The van der Waals surface area contributed by atoms with Crippen LogP contribution in [0.15, 0.2) is 0 Å². The molecule has 0 aliphatic rings. The number of carbonyl (C=O) groups excluding carboxylic acids is 2. The van der Waals surface area contributed by atoms with Crippen molar-refractivity contribution in [2.75, 3.05) is 0 Å². The van der Waals surface area contributed by atoms with Crippen LogP contribution in [0.5, 0.6) is 0 Å². The van der Waals surface area contributed by atoms with Crippen LogP contribution >= 0.6 is 0 Å². The fourth-order valence-electron chi connectivity index (χ4n) is 3.74. The van der Waals surface area contributed by atoms with Crippen LogP contribution in [0.3, 0.4) is 0 Å². The Morgan fingerprint density at radius 1 is 0.414 bits per heavy atom. The van der Waals surface area contributed by atoms with Gasteiger partial charge in [0.1, 0.15) is 0 Å². The molecule has 0 aliphatic heterocycles. The largest absolute Gasteiger partial charge is 0.393 e. The van der Waals surface area contributed by atoms with Crippen LogP contribution in [0.2, 0.25) is 0 Å². The zero-order valence-electron chi connectivity index (χ0n) is 19.8. The second-order valence-electron chi connectivity index (χ2n) is 8.71. The van der Waals surface area contributed by atoms with Gasteiger partial charge < -0.3 is 4.74 Å². The van der Waals surface area contributed by atoms with Crippen LogP contribution < -0.4 is 0 Å². The molecule has 0 heterocycles. The molecular weight excluding hydrogens is 360 g/mol. The van der Waals surface area contributed by atoms with Crippen LogP contribution in [0.25, 0.3) is 0 Å². The van der Waals surface area contributed by atoms with Crippen LogP contribution in [-0.4, -0.2) is 11.9 Å². The Bertz CT molecular complexity index is 365. The van der Waals surface area contributed by atoms with Gasteiger partial charge in [-0.1, -0.05) is 129 Å². The van der Waals surface area contributed by atoms with E-state index in [1.807, 2.05) is 0 Å². The average molecular weight is 411 g/mol. The van der Waals surface area contributed by atoms with Crippen molar-refractivity contribution in [2.45, 2.75) is 155 Å². The molecule has 0 N–H and O–H groups in total. The third kappa shape index (κ3) is 23.3. The van der Waals surface area contributed by atoms with E-state index in [1.165, 1.54) is 103 Å². The highest BCUT2D eigenvalue weighted by Crippen LogP contribution is 2.13. The van der Waals surface area contributed by atoms with Gasteiger partial charge in [-0.2, -0.15) is 0 Å². The molecule has 0 aromatic heterocycles. The first-order valence-electron chi connectivity index (χ1n) is 12.9. The van der Waals surface area contributed by atoms with Crippen molar-refractivity contribution in [2.24, 2.45) is 0 Å². The van der Waals surface area contributed by atoms with Crippen LogP contribution in [0, 0.1) is 0 Å². The fourth-order valence-corrected chi connectivity index (χ4v) is 3.74. The average Bonchev–Trinajstić information content (AvgIpc) is 2.70. The first-order chi connectivity index (χ1) is 14.2. The first kappa shape index (κ1) is 28.1. The van der Waals surface area contributed by atoms with E-state index in [9.17, 15) is 9.59 Å². The molecule has 172 valence electrons. The summed E-state index contributed by atoms with van der Waals surface area (Å²) in [5.41, 5.74) is 0. The minimum atomic E-state index is -0.332. The molecule has 3 heteroatoms. The third-order valence-electron chi connectivity index (χ3n) is 5.70. The Kier molecular flexibility index (Phi) is 22.7. The topological polar surface area (TPSA) is 43.4 Å². The fraction of sp³-hybridized carbons (Fsp3) is 0.923. The normalized spacial score (nSPS) is 11.0. The molecule has 0 spiro atoms. The number of unbranched alkanes of at least 4 members (excludes halogenated alkanes) is 18. The molecule has 0 amide bonds. The third-order valence-corrected chi connectivity index (χ3v) is 5.70. The number of carbonyl (C=O) groups is 2. The van der Waals surface area contributed by atoms with Crippen molar-refractivity contribution in [3.8, 4) is 0 Å². The van der Waals surface area contributed by atoms with Crippen LogP contribution in [0.1, 0.15) is 155 Å². The summed E-state index contributed by atoms with van der Waals surface area (Å²) in [6.07, 6.45) is 25.6. The molecule has 0 saturated carbocycles. The van der Waals surface area contributed by atoms with E-state index in [-0.39, 0.29) is 11.9 Å². The Hall–Kier alpha value is -0.860. The van der Waals surface area contributed by atoms with Gasteiger partial charge in [0, 0.05) is 12.8 Å². The Morgan fingerprint density at radius 3 is 0.931 bits per heavy atom. The van der Waals surface area contributed by atoms with Crippen LogP contribution in [0.4, 0.5) is 0 Å². The SMILES string of the molecule is CCCCCCCCCCCCCC(=O)OC(=O)CCCCCCCCCCC. The van der Waals surface area contributed by atoms with E-state index < -0.39 is 0 Å². The Labute approximate surface area is 181 Å². The lowest BCUT2D eigenvalue weighted by Gasteiger charge is -2.04. The molecule has 0 fully saturated rings. The van der Waals surface area contributed by atoms with Crippen molar-refractivity contribution >= 4 is 11.9 Å². The summed E-state index contributed by atoms with van der Waals surface area (Å²) in [6, 6.07) is 0.